The van der Waals surface area contributed by atoms with Crippen molar-refractivity contribution in [2.45, 2.75) is 75.3 Å². The van der Waals surface area contributed by atoms with E-state index in [0.29, 0.717) is 29.6 Å². The summed E-state index contributed by atoms with van der Waals surface area (Å²) >= 11 is 0. The van der Waals surface area contributed by atoms with E-state index in [-0.39, 0.29) is 17.5 Å². The summed E-state index contributed by atoms with van der Waals surface area (Å²) in [4.78, 5) is 2.90. The number of hydrogen-bond donors (Lipinski definition) is 0. The summed E-state index contributed by atoms with van der Waals surface area (Å²) in [6.07, 6.45) is 55.6. The fourth-order valence-electron chi connectivity index (χ4n) is 11.7. The van der Waals surface area contributed by atoms with Crippen molar-refractivity contribution in [1.29, 1.82) is 0 Å². The Morgan fingerprint density at radius 2 is 1.57 bits per heavy atom. The van der Waals surface area contributed by atoms with Crippen molar-refractivity contribution in [2.24, 2.45) is 29.6 Å². The molecule has 0 aliphatic heterocycles. The molecule has 1 aromatic heterocycles. The number of nitrogens with zero attached hydrogens (tertiary/aromatic N) is 1. The van der Waals surface area contributed by atoms with Gasteiger partial charge in [0.05, 0.1) is 12.1 Å². The minimum Gasteiger partial charge on any atom is -0.457 e. The molecule has 8 aliphatic carbocycles. The minimum absolute atomic E-state index is 0.0323. The first-order valence-electron chi connectivity index (χ1n) is 19.8. The van der Waals surface area contributed by atoms with Crippen molar-refractivity contribution in [3.05, 3.63) is 179 Å². The summed E-state index contributed by atoms with van der Waals surface area (Å²) in [5.41, 5.74) is 9.15. The Bertz CT molecular complexity index is 2030. The number of allylic oxidation sites excluding steroid dienone is 16. The second-order valence-electron chi connectivity index (χ2n) is 15.9. The van der Waals surface area contributed by atoms with Crippen LogP contribution in [0.15, 0.2) is 155 Å². The molecule has 2 nitrogen and oxygen atoms in total. The minimum atomic E-state index is 0.0323. The molecule has 0 saturated heterocycles. The standard InChI is InChI=1S/C49H49NO/c1-4-17-34(18-5-1)38-23-11-14-27-44(38)50(45-28-16-30-47-48(45)41-25-12-15-29-46(41)51-47)37-31-32-40-39-24-10-13-26-42(39)49(43(40)33-37,35-19-6-2-7-20-35)36-21-8-3-9-22-36/h1-4,6-11,14-17,19-21,23-24,27,29-32,36,38-39,42-45H,5,12-13,18,22,25-26,28,33H2. The van der Waals surface area contributed by atoms with Crippen LogP contribution in [-0.2, 0) is 11.8 Å². The second kappa shape index (κ2) is 12.9. The molecule has 51 heavy (non-hydrogen) atoms. The van der Waals surface area contributed by atoms with Crippen LogP contribution in [0.4, 0.5) is 0 Å². The third-order valence-corrected chi connectivity index (χ3v) is 13.6. The van der Waals surface area contributed by atoms with Gasteiger partial charge in [-0.05, 0) is 99.3 Å². The van der Waals surface area contributed by atoms with Crippen molar-refractivity contribution < 1.29 is 4.42 Å². The van der Waals surface area contributed by atoms with Crippen LogP contribution in [0.5, 0.6) is 0 Å². The van der Waals surface area contributed by atoms with Crippen LogP contribution in [0, 0.1) is 29.6 Å². The van der Waals surface area contributed by atoms with Crippen LogP contribution in [0.2, 0.25) is 0 Å². The van der Waals surface area contributed by atoms with Crippen LogP contribution in [0.25, 0.3) is 12.2 Å². The van der Waals surface area contributed by atoms with E-state index in [2.05, 4.69) is 151 Å². The summed E-state index contributed by atoms with van der Waals surface area (Å²) in [7, 11) is 0. The molecule has 0 amide bonds. The van der Waals surface area contributed by atoms with Gasteiger partial charge in [0, 0.05) is 34.1 Å². The highest BCUT2D eigenvalue weighted by Gasteiger charge is 2.61. The maximum absolute atomic E-state index is 6.62. The van der Waals surface area contributed by atoms with Crippen LogP contribution in [-0.4, -0.2) is 10.9 Å². The predicted octanol–water partition coefficient (Wildman–Crippen LogP) is 11.9. The number of furan rings is 1. The maximum Gasteiger partial charge on any atom is 0.132 e. The van der Waals surface area contributed by atoms with Gasteiger partial charge in [-0.3, -0.25) is 0 Å². The first kappa shape index (κ1) is 31.2. The highest BCUT2D eigenvalue weighted by atomic mass is 16.3. The van der Waals surface area contributed by atoms with Crippen LogP contribution in [0.3, 0.4) is 0 Å². The van der Waals surface area contributed by atoms with Gasteiger partial charge in [0.2, 0.25) is 0 Å². The Kier molecular flexibility index (Phi) is 7.88. The van der Waals surface area contributed by atoms with Gasteiger partial charge in [-0.15, -0.1) is 0 Å². The lowest BCUT2D eigenvalue weighted by Gasteiger charge is -2.50. The Labute approximate surface area is 304 Å². The topological polar surface area (TPSA) is 16.4 Å². The van der Waals surface area contributed by atoms with Crippen LogP contribution < -0.4 is 0 Å². The molecule has 10 rings (SSSR count). The molecule has 8 atom stereocenters. The van der Waals surface area contributed by atoms with Gasteiger partial charge in [0.15, 0.2) is 0 Å². The van der Waals surface area contributed by atoms with Crippen molar-refractivity contribution >= 4 is 12.2 Å². The van der Waals surface area contributed by atoms with E-state index in [1.54, 1.807) is 11.1 Å². The second-order valence-corrected chi connectivity index (χ2v) is 15.9. The van der Waals surface area contributed by atoms with Crippen molar-refractivity contribution in [3.8, 4) is 0 Å². The number of rotatable bonds is 6. The Morgan fingerprint density at radius 3 is 2.45 bits per heavy atom. The molecule has 0 N–H and O–H groups in total. The van der Waals surface area contributed by atoms with Gasteiger partial charge in [-0.2, -0.15) is 0 Å². The van der Waals surface area contributed by atoms with E-state index in [4.69, 9.17) is 4.42 Å². The first-order chi connectivity index (χ1) is 25.3. The molecule has 8 unspecified atom stereocenters. The van der Waals surface area contributed by atoms with E-state index in [0.717, 1.165) is 56.5 Å². The fraction of sp³-hybridized carbons (Fsp3) is 0.347. The molecular weight excluding hydrogens is 619 g/mol. The molecule has 1 saturated carbocycles. The van der Waals surface area contributed by atoms with Gasteiger partial charge in [-0.1, -0.05) is 139 Å². The maximum atomic E-state index is 6.62. The van der Waals surface area contributed by atoms with E-state index in [1.807, 2.05) is 0 Å². The van der Waals surface area contributed by atoms with Crippen molar-refractivity contribution in [3.63, 3.8) is 0 Å². The zero-order chi connectivity index (χ0) is 33.8. The van der Waals surface area contributed by atoms with Gasteiger partial charge >= 0.3 is 0 Å². The smallest absolute Gasteiger partial charge is 0.132 e. The fourth-order valence-corrected chi connectivity index (χ4v) is 11.7. The monoisotopic (exact) mass is 667 g/mol. The van der Waals surface area contributed by atoms with Gasteiger partial charge < -0.3 is 9.32 Å². The average molecular weight is 668 g/mol. The van der Waals surface area contributed by atoms with Crippen LogP contribution in [0.1, 0.15) is 85.6 Å². The molecule has 256 valence electrons. The Morgan fingerprint density at radius 1 is 0.686 bits per heavy atom. The zero-order valence-electron chi connectivity index (χ0n) is 29.6. The van der Waals surface area contributed by atoms with Gasteiger partial charge in [0.25, 0.3) is 0 Å². The lowest BCUT2D eigenvalue weighted by molar-refractivity contribution is 0.134. The highest BCUT2D eigenvalue weighted by molar-refractivity contribution is 5.63. The molecule has 1 aromatic carbocycles. The van der Waals surface area contributed by atoms with E-state index >= 15 is 0 Å². The van der Waals surface area contributed by atoms with Gasteiger partial charge in [-0.25, -0.2) is 0 Å². The SMILES string of the molecule is C1=CCCC(C2C=CC=CC2N(C2=CC=C3C4C=CCCC4C(c4ccccc4)(C4C=CC=CC4)C3C2)C2CC=Cc3oc4c(c32)CCC=C4)=C1. The first-order valence-corrected chi connectivity index (χ1v) is 19.8. The number of benzene rings is 1. The Hall–Kier alpha value is -4.56. The highest BCUT2D eigenvalue weighted by Crippen LogP contribution is 2.66. The molecule has 0 radical (unpaired) electrons. The summed E-state index contributed by atoms with van der Waals surface area (Å²) < 4.78 is 6.62. The number of hydrogen-bond acceptors (Lipinski definition) is 2. The molecule has 1 heterocycles. The normalized spacial score (nSPS) is 34.0. The lowest BCUT2D eigenvalue weighted by Crippen LogP contribution is -2.47. The molecule has 0 bridgehead atoms. The van der Waals surface area contributed by atoms with Crippen molar-refractivity contribution in [1.82, 2.24) is 4.90 Å². The van der Waals surface area contributed by atoms with Crippen LogP contribution >= 0.6 is 0 Å². The quantitative estimate of drug-likeness (QED) is 0.285. The lowest BCUT2D eigenvalue weighted by atomic mass is 9.55. The zero-order valence-corrected chi connectivity index (χ0v) is 29.6. The average Bonchev–Trinajstić information content (AvgIpc) is 3.73. The number of fused-ring (bicyclic) bond motifs is 6. The summed E-state index contributed by atoms with van der Waals surface area (Å²) in [6, 6.07) is 12.2. The van der Waals surface area contributed by atoms with E-state index in [1.165, 1.54) is 35.2 Å². The molecule has 8 aliphatic rings. The molecule has 2 aromatic rings. The van der Waals surface area contributed by atoms with Crippen molar-refractivity contribution in [2.75, 3.05) is 0 Å². The molecular formula is C49H49NO. The van der Waals surface area contributed by atoms with Gasteiger partial charge in [0.1, 0.15) is 11.5 Å². The predicted molar refractivity (Wildman–Crippen MR) is 210 cm³/mol. The van der Waals surface area contributed by atoms with E-state index in [9.17, 15) is 0 Å². The Balaban J connectivity index is 1.15. The third-order valence-electron chi connectivity index (χ3n) is 13.6. The molecule has 2 heteroatoms. The summed E-state index contributed by atoms with van der Waals surface area (Å²) in [5.74, 6) is 4.46. The largest absolute Gasteiger partial charge is 0.457 e. The summed E-state index contributed by atoms with van der Waals surface area (Å²) in [5, 5.41) is 0. The third kappa shape index (κ3) is 4.96. The van der Waals surface area contributed by atoms with E-state index < -0.39 is 0 Å². The molecule has 0 spiro atoms. The summed E-state index contributed by atoms with van der Waals surface area (Å²) in [6.45, 7) is 0. The molecule has 1 fully saturated rings.